The third-order valence-corrected chi connectivity index (χ3v) is 5.53. The van der Waals surface area contributed by atoms with Crippen molar-refractivity contribution in [2.75, 3.05) is 12.4 Å². The molecule has 0 fully saturated rings. The fourth-order valence-corrected chi connectivity index (χ4v) is 3.81. The van der Waals surface area contributed by atoms with E-state index in [2.05, 4.69) is 25.5 Å². The van der Waals surface area contributed by atoms with Crippen LogP contribution in [0.2, 0.25) is 0 Å². The van der Waals surface area contributed by atoms with Gasteiger partial charge < -0.3 is 9.50 Å². The molecule has 5 rings (SSSR count). The van der Waals surface area contributed by atoms with Gasteiger partial charge in [0.1, 0.15) is 6.33 Å². The Labute approximate surface area is 193 Å². The maximum absolute atomic E-state index is 13.0. The summed E-state index contributed by atoms with van der Waals surface area (Å²) in [5, 5.41) is 11.7. The maximum Gasteiger partial charge on any atom is 0.276 e. The highest BCUT2D eigenvalue weighted by atomic mass is 32.2. The molecule has 0 atom stereocenters. The van der Waals surface area contributed by atoms with Crippen LogP contribution < -0.4 is 5.32 Å². The van der Waals surface area contributed by atoms with E-state index < -0.39 is 0 Å². The molecule has 4 aromatic heterocycles. The van der Waals surface area contributed by atoms with Crippen LogP contribution in [0.15, 0.2) is 78.1 Å². The van der Waals surface area contributed by atoms with Crippen LogP contribution in [0.3, 0.4) is 0 Å². The highest BCUT2D eigenvalue weighted by Crippen LogP contribution is 2.25. The predicted molar refractivity (Wildman–Crippen MR) is 125 cm³/mol. The molecule has 0 bridgehead atoms. The average molecular weight is 458 g/mol. The first kappa shape index (κ1) is 20.9. The van der Waals surface area contributed by atoms with Crippen LogP contribution in [0.25, 0.3) is 22.7 Å². The number of pyridine rings is 2. The summed E-state index contributed by atoms with van der Waals surface area (Å²) in [4.78, 5) is 22.7. The first-order valence-corrected chi connectivity index (χ1v) is 10.8. The Bertz CT molecular complexity index is 1440. The highest BCUT2D eigenvalue weighted by Gasteiger charge is 2.18. The van der Waals surface area contributed by atoms with E-state index in [4.69, 9.17) is 4.18 Å². The summed E-state index contributed by atoms with van der Waals surface area (Å²) in [7, 11) is 1.61. The molecule has 1 amide bonds. The maximum atomic E-state index is 13.0. The van der Waals surface area contributed by atoms with E-state index in [1.54, 1.807) is 22.4 Å². The zero-order valence-corrected chi connectivity index (χ0v) is 18.7. The van der Waals surface area contributed by atoms with Crippen LogP contribution in [-0.2, 0) is 4.18 Å². The van der Waals surface area contributed by atoms with Gasteiger partial charge in [-0.05, 0) is 61.5 Å². The first-order chi connectivity index (χ1) is 16.1. The van der Waals surface area contributed by atoms with Crippen LogP contribution in [0.1, 0.15) is 16.2 Å². The third kappa shape index (κ3) is 4.34. The van der Waals surface area contributed by atoms with E-state index in [1.165, 1.54) is 18.4 Å². The van der Waals surface area contributed by atoms with Gasteiger partial charge in [-0.1, -0.05) is 6.07 Å². The van der Waals surface area contributed by atoms with Gasteiger partial charge in [-0.15, -0.1) is 0 Å². The molecule has 33 heavy (non-hydrogen) atoms. The fourth-order valence-electron chi connectivity index (χ4n) is 3.37. The van der Waals surface area contributed by atoms with Crippen molar-refractivity contribution in [2.45, 2.75) is 11.8 Å². The summed E-state index contributed by atoms with van der Waals surface area (Å²) in [6.07, 6.45) is 3.34. The van der Waals surface area contributed by atoms with Gasteiger partial charge in [0.25, 0.3) is 5.91 Å². The molecule has 164 valence electrons. The number of carbonyl (C=O) groups excluding carboxylic acids is 1. The van der Waals surface area contributed by atoms with Crippen LogP contribution in [0.4, 0.5) is 5.69 Å². The van der Waals surface area contributed by atoms with Crippen LogP contribution in [-0.4, -0.2) is 42.4 Å². The number of aromatic nitrogens is 6. The van der Waals surface area contributed by atoms with Gasteiger partial charge in [0.05, 0.1) is 12.8 Å². The molecule has 0 aliphatic heterocycles. The van der Waals surface area contributed by atoms with Crippen LogP contribution in [0, 0.1) is 6.92 Å². The molecular formula is C23H19N7O2S. The molecule has 0 unspecified atom stereocenters. The SMILES string of the molecule is COSc1ccc(NC(=O)c2cc(-c3ccc4ncnn4c3)n(-c3cccc(C)n3)n2)cc1. The Morgan fingerprint density at radius 1 is 1.09 bits per heavy atom. The summed E-state index contributed by atoms with van der Waals surface area (Å²) in [5.74, 6) is 0.292. The zero-order valence-electron chi connectivity index (χ0n) is 17.8. The lowest BCUT2D eigenvalue weighted by Crippen LogP contribution is -2.13. The van der Waals surface area contributed by atoms with E-state index in [1.807, 2.05) is 67.7 Å². The van der Waals surface area contributed by atoms with Gasteiger partial charge in [-0.25, -0.2) is 19.2 Å². The molecule has 0 saturated carbocycles. The van der Waals surface area contributed by atoms with Crippen molar-refractivity contribution in [3.8, 4) is 17.1 Å². The summed E-state index contributed by atoms with van der Waals surface area (Å²) in [6, 6.07) is 18.6. The van der Waals surface area contributed by atoms with Crippen LogP contribution in [0.5, 0.6) is 0 Å². The quantitative estimate of drug-likeness (QED) is 0.382. The van der Waals surface area contributed by atoms with E-state index in [0.717, 1.165) is 21.8 Å². The second-order valence-corrected chi connectivity index (χ2v) is 8.14. The molecule has 4 heterocycles. The molecule has 0 saturated heterocycles. The van der Waals surface area contributed by atoms with E-state index in [-0.39, 0.29) is 11.6 Å². The number of fused-ring (bicyclic) bond motifs is 1. The van der Waals surface area contributed by atoms with E-state index >= 15 is 0 Å². The summed E-state index contributed by atoms with van der Waals surface area (Å²) in [5.41, 5.74) is 4.04. The fraction of sp³-hybridized carbons (Fsp3) is 0.0870. The number of anilines is 1. The first-order valence-electron chi connectivity index (χ1n) is 10.1. The average Bonchev–Trinajstić information content (AvgIpc) is 3.47. The van der Waals surface area contributed by atoms with E-state index in [0.29, 0.717) is 17.2 Å². The van der Waals surface area contributed by atoms with Gasteiger partial charge in [-0.2, -0.15) is 10.2 Å². The minimum Gasteiger partial charge on any atom is -0.321 e. The van der Waals surface area contributed by atoms with Crippen molar-refractivity contribution < 1.29 is 8.98 Å². The zero-order chi connectivity index (χ0) is 22.8. The molecule has 0 spiro atoms. The minimum absolute atomic E-state index is 0.266. The number of benzene rings is 1. The summed E-state index contributed by atoms with van der Waals surface area (Å²) < 4.78 is 8.39. The lowest BCUT2D eigenvalue weighted by atomic mass is 10.2. The Kier molecular flexibility index (Phi) is 5.59. The van der Waals surface area contributed by atoms with Gasteiger partial charge >= 0.3 is 0 Å². The largest absolute Gasteiger partial charge is 0.321 e. The molecule has 0 aliphatic carbocycles. The number of nitrogens with zero attached hydrogens (tertiary/aromatic N) is 6. The lowest BCUT2D eigenvalue weighted by Gasteiger charge is -2.07. The Hall–Kier alpha value is -4.02. The Morgan fingerprint density at radius 3 is 2.73 bits per heavy atom. The highest BCUT2D eigenvalue weighted by molar-refractivity contribution is 7.94. The number of nitrogens with one attached hydrogen (secondary N) is 1. The molecular weight excluding hydrogens is 438 g/mol. The molecule has 0 aliphatic rings. The number of amides is 1. The summed E-state index contributed by atoms with van der Waals surface area (Å²) >= 11 is 1.26. The number of rotatable bonds is 6. The van der Waals surface area contributed by atoms with Crippen LogP contribution >= 0.6 is 12.0 Å². The molecule has 10 heteroatoms. The number of carbonyl (C=O) groups is 1. The lowest BCUT2D eigenvalue weighted by molar-refractivity contribution is 0.102. The molecule has 1 N–H and O–H groups in total. The molecule has 5 aromatic rings. The monoisotopic (exact) mass is 457 g/mol. The standard InChI is InChI=1S/C23H19N7O2S/c1-15-4-3-5-22(26-15)30-20(16-6-11-21-24-14-25-29(21)13-16)12-19(28-30)23(31)27-17-7-9-18(10-8-17)33-32-2/h3-14H,1-2H3,(H,27,31). The Morgan fingerprint density at radius 2 is 1.94 bits per heavy atom. The number of hydrogen-bond donors (Lipinski definition) is 1. The number of aryl methyl sites for hydroxylation is 1. The third-order valence-electron chi connectivity index (χ3n) is 4.89. The smallest absolute Gasteiger partial charge is 0.276 e. The van der Waals surface area contributed by atoms with Crippen molar-refractivity contribution in [3.63, 3.8) is 0 Å². The van der Waals surface area contributed by atoms with Gasteiger partial charge in [0.2, 0.25) is 0 Å². The molecule has 1 aromatic carbocycles. The van der Waals surface area contributed by atoms with Gasteiger partial charge in [-0.3, -0.25) is 4.79 Å². The van der Waals surface area contributed by atoms with Crippen molar-refractivity contribution in [1.29, 1.82) is 0 Å². The second kappa shape index (κ2) is 8.85. The van der Waals surface area contributed by atoms with Crippen molar-refractivity contribution in [3.05, 3.63) is 84.6 Å². The Balaban J connectivity index is 1.52. The second-order valence-electron chi connectivity index (χ2n) is 7.17. The normalized spacial score (nSPS) is 11.1. The van der Waals surface area contributed by atoms with Crippen molar-refractivity contribution >= 4 is 29.3 Å². The minimum atomic E-state index is -0.323. The van der Waals surface area contributed by atoms with E-state index in [9.17, 15) is 4.79 Å². The molecule has 0 radical (unpaired) electrons. The number of hydrogen-bond acceptors (Lipinski definition) is 7. The van der Waals surface area contributed by atoms with Crippen molar-refractivity contribution in [1.82, 2.24) is 29.4 Å². The van der Waals surface area contributed by atoms with Gasteiger partial charge in [0, 0.05) is 40.1 Å². The van der Waals surface area contributed by atoms with Gasteiger partial charge in [0.15, 0.2) is 17.2 Å². The topological polar surface area (TPSA) is 99.2 Å². The molecule has 9 nitrogen and oxygen atoms in total. The van der Waals surface area contributed by atoms with Crippen molar-refractivity contribution in [2.24, 2.45) is 0 Å². The predicted octanol–water partition coefficient (Wildman–Crippen LogP) is 4.19. The summed E-state index contributed by atoms with van der Waals surface area (Å²) in [6.45, 7) is 1.91.